The van der Waals surface area contributed by atoms with Crippen molar-refractivity contribution >= 4 is 33.1 Å². The second-order valence-electron chi connectivity index (χ2n) is 2.22. The van der Waals surface area contributed by atoms with E-state index in [2.05, 4.69) is 22.5 Å². The number of hydrogen-bond donors (Lipinski definition) is 0. The zero-order chi connectivity index (χ0) is 8.27. The molecule has 1 aromatic rings. The van der Waals surface area contributed by atoms with Crippen LogP contribution in [0.3, 0.4) is 0 Å². The maximum atomic E-state index is 5.92. The Morgan fingerprint density at radius 1 is 1.45 bits per heavy atom. The molecule has 2 heteroatoms. The molecule has 0 saturated heterocycles. The Balaban J connectivity index is 3.03. The van der Waals surface area contributed by atoms with Gasteiger partial charge in [-0.05, 0) is 17.2 Å². The van der Waals surface area contributed by atoms with Crippen LogP contribution in [0.5, 0.6) is 0 Å². The fourth-order valence-corrected chi connectivity index (χ4v) is 1.39. The van der Waals surface area contributed by atoms with E-state index in [-0.39, 0.29) is 0 Å². The van der Waals surface area contributed by atoms with E-state index < -0.39 is 0 Å². The van der Waals surface area contributed by atoms with Crippen molar-refractivity contribution in [3.05, 3.63) is 41.4 Å². The molecule has 11 heavy (non-hydrogen) atoms. The summed E-state index contributed by atoms with van der Waals surface area (Å²) >= 11 is 9.24. The van der Waals surface area contributed by atoms with E-state index in [1.165, 1.54) is 0 Å². The molecule has 0 saturated carbocycles. The summed E-state index contributed by atoms with van der Waals surface area (Å²) in [4.78, 5) is 0. The van der Waals surface area contributed by atoms with Crippen LogP contribution in [-0.4, -0.2) is 5.33 Å². The molecule has 0 heterocycles. The molecule has 0 atom stereocenters. The molecule has 0 aliphatic heterocycles. The molecule has 0 nitrogen and oxygen atoms in total. The molecule has 1 rings (SSSR count). The van der Waals surface area contributed by atoms with Gasteiger partial charge in [-0.15, -0.1) is 0 Å². The van der Waals surface area contributed by atoms with Crippen LogP contribution in [0.25, 0.3) is 5.57 Å². The normalized spacial score (nSPS) is 9.64. The highest BCUT2D eigenvalue weighted by molar-refractivity contribution is 9.09. The summed E-state index contributed by atoms with van der Waals surface area (Å²) in [5, 5.41) is 1.52. The van der Waals surface area contributed by atoms with E-state index in [1.807, 2.05) is 24.3 Å². The lowest BCUT2D eigenvalue weighted by Crippen LogP contribution is -1.83. The van der Waals surface area contributed by atoms with Crippen LogP contribution >= 0.6 is 27.5 Å². The molecule has 0 aliphatic carbocycles. The first kappa shape index (κ1) is 8.82. The molecule has 0 amide bonds. The minimum absolute atomic E-state index is 0.761. The maximum Gasteiger partial charge on any atom is 0.0481 e. The second kappa shape index (κ2) is 3.93. The lowest BCUT2D eigenvalue weighted by molar-refractivity contribution is 1.59. The van der Waals surface area contributed by atoms with Gasteiger partial charge in [-0.2, -0.15) is 0 Å². The highest BCUT2D eigenvalue weighted by Crippen LogP contribution is 2.23. The number of allylic oxidation sites excluding steroid dienone is 1. The molecular weight excluding hydrogens is 223 g/mol. The van der Waals surface area contributed by atoms with Crippen molar-refractivity contribution in [1.29, 1.82) is 0 Å². The smallest absolute Gasteiger partial charge is 0.0481 e. The van der Waals surface area contributed by atoms with Gasteiger partial charge in [-0.25, -0.2) is 0 Å². The van der Waals surface area contributed by atoms with Crippen LogP contribution in [0.15, 0.2) is 30.8 Å². The number of hydrogen-bond acceptors (Lipinski definition) is 0. The van der Waals surface area contributed by atoms with Crippen molar-refractivity contribution in [2.75, 3.05) is 5.33 Å². The Morgan fingerprint density at radius 2 is 2.09 bits per heavy atom. The predicted octanol–water partition coefficient (Wildman–Crippen LogP) is 3.75. The van der Waals surface area contributed by atoms with Crippen molar-refractivity contribution < 1.29 is 0 Å². The molecule has 0 aromatic heterocycles. The zero-order valence-electron chi connectivity index (χ0n) is 5.98. The van der Waals surface area contributed by atoms with Gasteiger partial charge in [-0.3, -0.25) is 0 Å². The van der Waals surface area contributed by atoms with Gasteiger partial charge in [-0.1, -0.05) is 52.3 Å². The third kappa shape index (κ3) is 2.08. The lowest BCUT2D eigenvalue weighted by atomic mass is 10.1. The molecule has 0 aliphatic rings. The van der Waals surface area contributed by atoms with Gasteiger partial charge in [0.1, 0.15) is 0 Å². The van der Waals surface area contributed by atoms with Crippen molar-refractivity contribution in [3.8, 4) is 0 Å². The van der Waals surface area contributed by atoms with Crippen molar-refractivity contribution in [2.24, 2.45) is 0 Å². The predicted molar refractivity (Wildman–Crippen MR) is 54.3 cm³/mol. The molecule has 1 aromatic carbocycles. The molecule has 0 N–H and O–H groups in total. The first-order valence-electron chi connectivity index (χ1n) is 3.24. The first-order valence-corrected chi connectivity index (χ1v) is 4.74. The van der Waals surface area contributed by atoms with Crippen LogP contribution in [0.1, 0.15) is 5.56 Å². The fourth-order valence-electron chi connectivity index (χ4n) is 0.820. The van der Waals surface area contributed by atoms with E-state index >= 15 is 0 Å². The molecule has 0 spiro atoms. The molecule has 0 fully saturated rings. The van der Waals surface area contributed by atoms with Gasteiger partial charge in [0.05, 0.1) is 0 Å². The van der Waals surface area contributed by atoms with E-state index in [1.54, 1.807) is 0 Å². The summed E-state index contributed by atoms with van der Waals surface area (Å²) in [7, 11) is 0. The Bertz CT molecular complexity index is 268. The Hall–Kier alpha value is -0.270. The standard InChI is InChI=1S/C9H8BrCl/c1-7(6-10)8-4-2-3-5-9(8)11/h2-5H,1,6H2. The summed E-state index contributed by atoms with van der Waals surface area (Å²) in [5.74, 6) is 0. The molecular formula is C9H8BrCl. The lowest BCUT2D eigenvalue weighted by Gasteiger charge is -2.02. The van der Waals surface area contributed by atoms with Gasteiger partial charge in [0.15, 0.2) is 0 Å². The average molecular weight is 232 g/mol. The first-order chi connectivity index (χ1) is 5.25. The molecule has 58 valence electrons. The number of rotatable bonds is 2. The molecule has 0 unspecified atom stereocenters. The van der Waals surface area contributed by atoms with Crippen molar-refractivity contribution in [2.45, 2.75) is 0 Å². The minimum Gasteiger partial charge on any atom is -0.0943 e. The fraction of sp³-hybridized carbons (Fsp3) is 0.111. The summed E-state index contributed by atoms with van der Waals surface area (Å²) in [6.07, 6.45) is 0. The quantitative estimate of drug-likeness (QED) is 0.680. The van der Waals surface area contributed by atoms with Gasteiger partial charge in [0.2, 0.25) is 0 Å². The van der Waals surface area contributed by atoms with Crippen LogP contribution in [0.4, 0.5) is 0 Å². The van der Waals surface area contributed by atoms with E-state index in [4.69, 9.17) is 11.6 Å². The summed E-state index contributed by atoms with van der Waals surface area (Å²) in [6, 6.07) is 7.69. The largest absolute Gasteiger partial charge is 0.0943 e. The minimum atomic E-state index is 0.761. The van der Waals surface area contributed by atoms with Crippen LogP contribution in [0.2, 0.25) is 5.02 Å². The Kier molecular flexibility index (Phi) is 3.16. The monoisotopic (exact) mass is 230 g/mol. The third-order valence-electron chi connectivity index (χ3n) is 1.42. The van der Waals surface area contributed by atoms with Crippen molar-refractivity contribution in [3.63, 3.8) is 0 Å². The highest BCUT2D eigenvalue weighted by atomic mass is 79.9. The van der Waals surface area contributed by atoms with Crippen LogP contribution in [0, 0.1) is 0 Å². The number of alkyl halides is 1. The number of halogens is 2. The number of benzene rings is 1. The van der Waals surface area contributed by atoms with E-state index in [0.29, 0.717) is 0 Å². The zero-order valence-corrected chi connectivity index (χ0v) is 8.32. The molecule has 0 radical (unpaired) electrons. The van der Waals surface area contributed by atoms with E-state index in [9.17, 15) is 0 Å². The topological polar surface area (TPSA) is 0 Å². The van der Waals surface area contributed by atoms with Crippen molar-refractivity contribution in [1.82, 2.24) is 0 Å². The highest BCUT2D eigenvalue weighted by Gasteiger charge is 2.00. The average Bonchev–Trinajstić information content (AvgIpc) is 2.04. The third-order valence-corrected chi connectivity index (χ3v) is 2.42. The SMILES string of the molecule is C=C(CBr)c1ccccc1Cl. The van der Waals surface area contributed by atoms with Crippen LogP contribution in [-0.2, 0) is 0 Å². The van der Waals surface area contributed by atoms with Gasteiger partial charge in [0, 0.05) is 10.4 Å². The van der Waals surface area contributed by atoms with Gasteiger partial charge >= 0.3 is 0 Å². The van der Waals surface area contributed by atoms with Gasteiger partial charge in [0.25, 0.3) is 0 Å². The summed E-state index contributed by atoms with van der Waals surface area (Å²) in [5.41, 5.74) is 2.03. The maximum absolute atomic E-state index is 5.92. The van der Waals surface area contributed by atoms with E-state index in [0.717, 1.165) is 21.5 Å². The van der Waals surface area contributed by atoms with Gasteiger partial charge < -0.3 is 0 Å². The summed E-state index contributed by atoms with van der Waals surface area (Å²) in [6.45, 7) is 3.87. The summed E-state index contributed by atoms with van der Waals surface area (Å²) < 4.78 is 0. The Morgan fingerprint density at radius 3 is 2.64 bits per heavy atom. The van der Waals surface area contributed by atoms with Crippen LogP contribution < -0.4 is 0 Å². The molecule has 0 bridgehead atoms. The second-order valence-corrected chi connectivity index (χ2v) is 3.18. The Labute approximate surface area is 80.0 Å².